The Morgan fingerprint density at radius 1 is 1.38 bits per heavy atom. The minimum absolute atomic E-state index is 0.0581. The first kappa shape index (κ1) is 16.8. The number of imidazole rings is 1. The van der Waals surface area contributed by atoms with Crippen molar-refractivity contribution in [3.05, 3.63) is 30.1 Å². The number of amides is 1. The molecule has 130 valence electrons. The maximum atomic E-state index is 12.4. The lowest BCUT2D eigenvalue weighted by molar-refractivity contribution is 0.0214. The minimum Gasteiger partial charge on any atom is -0.444 e. The number of benzene rings is 1. The SMILES string of the molecule is CC(C)(C)OC(=O)N1CCCC1Cn1c(CO)nc2ccccc21. The molecule has 0 aliphatic carbocycles. The summed E-state index contributed by atoms with van der Waals surface area (Å²) in [5.41, 5.74) is 1.35. The molecule has 1 unspecified atom stereocenters. The molecule has 1 aromatic carbocycles. The minimum atomic E-state index is -0.498. The van der Waals surface area contributed by atoms with Gasteiger partial charge in [0, 0.05) is 13.1 Å². The lowest BCUT2D eigenvalue weighted by atomic mass is 10.2. The van der Waals surface area contributed by atoms with Gasteiger partial charge in [-0.1, -0.05) is 12.1 Å². The van der Waals surface area contributed by atoms with Crippen molar-refractivity contribution in [3.63, 3.8) is 0 Å². The van der Waals surface area contributed by atoms with E-state index in [2.05, 4.69) is 4.98 Å². The number of likely N-dealkylation sites (tertiary alicyclic amines) is 1. The van der Waals surface area contributed by atoms with Crippen LogP contribution in [0.5, 0.6) is 0 Å². The summed E-state index contributed by atoms with van der Waals surface area (Å²) in [6.07, 6.45) is 1.63. The lowest BCUT2D eigenvalue weighted by Gasteiger charge is -2.29. The highest BCUT2D eigenvalue weighted by atomic mass is 16.6. The molecule has 2 heterocycles. The molecule has 1 aromatic heterocycles. The number of para-hydroxylation sites is 2. The van der Waals surface area contributed by atoms with Crippen LogP contribution >= 0.6 is 0 Å². The molecule has 3 rings (SSSR count). The van der Waals surface area contributed by atoms with Crippen LogP contribution in [0.15, 0.2) is 24.3 Å². The molecular formula is C18H25N3O3. The van der Waals surface area contributed by atoms with Crippen molar-refractivity contribution < 1.29 is 14.6 Å². The molecule has 1 amide bonds. The molecule has 2 aromatic rings. The normalized spacial score (nSPS) is 18.3. The van der Waals surface area contributed by atoms with E-state index in [0.717, 1.165) is 23.9 Å². The predicted octanol–water partition coefficient (Wildman–Crippen LogP) is 2.93. The monoisotopic (exact) mass is 331 g/mol. The first-order valence-corrected chi connectivity index (χ1v) is 8.43. The van der Waals surface area contributed by atoms with Gasteiger partial charge in [-0.2, -0.15) is 0 Å². The number of aliphatic hydroxyl groups is 1. The van der Waals surface area contributed by atoms with Crippen LogP contribution in [-0.4, -0.2) is 43.8 Å². The van der Waals surface area contributed by atoms with Gasteiger partial charge in [0.1, 0.15) is 18.0 Å². The van der Waals surface area contributed by atoms with Gasteiger partial charge in [0.05, 0.1) is 17.1 Å². The Balaban J connectivity index is 1.84. The van der Waals surface area contributed by atoms with E-state index in [1.54, 1.807) is 4.90 Å². The molecule has 24 heavy (non-hydrogen) atoms. The van der Waals surface area contributed by atoms with Gasteiger partial charge in [0.25, 0.3) is 0 Å². The molecule has 1 aliphatic rings. The first-order valence-electron chi connectivity index (χ1n) is 8.43. The van der Waals surface area contributed by atoms with Crippen molar-refractivity contribution in [2.45, 2.75) is 58.4 Å². The molecular weight excluding hydrogens is 306 g/mol. The summed E-state index contributed by atoms with van der Waals surface area (Å²) in [6.45, 7) is 6.85. The Hall–Kier alpha value is -2.08. The number of nitrogens with zero attached hydrogens (tertiary/aromatic N) is 3. The number of aliphatic hydroxyl groups excluding tert-OH is 1. The third-order valence-electron chi connectivity index (χ3n) is 4.27. The Kier molecular flexibility index (Phi) is 4.49. The molecule has 1 N–H and O–H groups in total. The van der Waals surface area contributed by atoms with Crippen molar-refractivity contribution in [1.29, 1.82) is 0 Å². The van der Waals surface area contributed by atoms with Gasteiger partial charge in [-0.15, -0.1) is 0 Å². The van der Waals surface area contributed by atoms with Crippen LogP contribution in [0.1, 0.15) is 39.4 Å². The summed E-state index contributed by atoms with van der Waals surface area (Å²) < 4.78 is 7.54. The van der Waals surface area contributed by atoms with Crippen LogP contribution in [0.3, 0.4) is 0 Å². The zero-order valence-electron chi connectivity index (χ0n) is 14.5. The summed E-state index contributed by atoms with van der Waals surface area (Å²) >= 11 is 0. The van der Waals surface area contributed by atoms with Gasteiger partial charge in [-0.3, -0.25) is 0 Å². The zero-order valence-corrected chi connectivity index (χ0v) is 14.5. The van der Waals surface area contributed by atoms with Crippen molar-refractivity contribution in [1.82, 2.24) is 14.5 Å². The zero-order chi connectivity index (χ0) is 17.3. The number of carbonyl (C=O) groups is 1. The number of hydrogen-bond donors (Lipinski definition) is 1. The quantitative estimate of drug-likeness (QED) is 0.939. The molecule has 0 bridgehead atoms. The fraction of sp³-hybridized carbons (Fsp3) is 0.556. The van der Waals surface area contributed by atoms with Gasteiger partial charge >= 0.3 is 6.09 Å². The van der Waals surface area contributed by atoms with Gasteiger partial charge in [0.15, 0.2) is 0 Å². The molecule has 0 saturated carbocycles. The summed E-state index contributed by atoms with van der Waals surface area (Å²) in [6, 6.07) is 7.88. The molecule has 1 aliphatic heterocycles. The van der Waals surface area contributed by atoms with Gasteiger partial charge < -0.3 is 19.3 Å². The van der Waals surface area contributed by atoms with E-state index >= 15 is 0 Å². The molecule has 6 nitrogen and oxygen atoms in total. The van der Waals surface area contributed by atoms with E-state index in [9.17, 15) is 9.90 Å². The van der Waals surface area contributed by atoms with Crippen molar-refractivity contribution in [2.75, 3.05) is 6.54 Å². The predicted molar refractivity (Wildman–Crippen MR) is 91.6 cm³/mol. The summed E-state index contributed by atoms with van der Waals surface area (Å²) in [4.78, 5) is 18.7. The number of hydrogen-bond acceptors (Lipinski definition) is 4. The van der Waals surface area contributed by atoms with Crippen LogP contribution in [0.4, 0.5) is 4.79 Å². The van der Waals surface area contributed by atoms with Crippen LogP contribution in [0.2, 0.25) is 0 Å². The molecule has 0 spiro atoms. The standard InChI is InChI=1S/C18H25N3O3/c1-18(2,3)24-17(23)20-10-6-7-13(20)11-21-15-9-5-4-8-14(15)19-16(21)12-22/h4-5,8-9,13,22H,6-7,10-12H2,1-3H3. The van der Waals surface area contributed by atoms with Crippen LogP contribution < -0.4 is 0 Å². The Labute approximate surface area is 142 Å². The van der Waals surface area contributed by atoms with Gasteiger partial charge in [-0.25, -0.2) is 9.78 Å². The summed E-state index contributed by atoms with van der Waals surface area (Å²) in [5.74, 6) is 0.632. The fourth-order valence-corrected chi connectivity index (χ4v) is 3.25. The third kappa shape index (κ3) is 3.38. The molecule has 0 radical (unpaired) electrons. The smallest absolute Gasteiger partial charge is 0.410 e. The van der Waals surface area contributed by atoms with E-state index in [1.807, 2.05) is 49.6 Å². The van der Waals surface area contributed by atoms with Crippen molar-refractivity contribution >= 4 is 17.1 Å². The van der Waals surface area contributed by atoms with Crippen LogP contribution in [-0.2, 0) is 17.9 Å². The maximum absolute atomic E-state index is 12.4. The van der Waals surface area contributed by atoms with E-state index in [1.165, 1.54) is 0 Å². The van der Waals surface area contributed by atoms with Crippen molar-refractivity contribution in [2.24, 2.45) is 0 Å². The summed E-state index contributed by atoms with van der Waals surface area (Å²) in [5, 5.41) is 9.63. The second-order valence-electron chi connectivity index (χ2n) is 7.26. The van der Waals surface area contributed by atoms with E-state index < -0.39 is 5.60 Å². The number of rotatable bonds is 3. The molecule has 1 atom stereocenters. The van der Waals surface area contributed by atoms with Gasteiger partial charge in [-0.05, 0) is 45.7 Å². The second kappa shape index (κ2) is 6.43. The third-order valence-corrected chi connectivity index (χ3v) is 4.27. The Morgan fingerprint density at radius 2 is 2.12 bits per heavy atom. The largest absolute Gasteiger partial charge is 0.444 e. The van der Waals surface area contributed by atoms with E-state index in [0.29, 0.717) is 18.9 Å². The highest BCUT2D eigenvalue weighted by Gasteiger charge is 2.33. The van der Waals surface area contributed by atoms with Gasteiger partial charge in [0.2, 0.25) is 0 Å². The molecule has 1 saturated heterocycles. The number of carbonyl (C=O) groups excluding carboxylic acids is 1. The topological polar surface area (TPSA) is 67.6 Å². The highest BCUT2D eigenvalue weighted by molar-refractivity contribution is 5.76. The maximum Gasteiger partial charge on any atom is 0.410 e. The fourth-order valence-electron chi connectivity index (χ4n) is 3.25. The first-order chi connectivity index (χ1) is 11.4. The number of fused-ring (bicyclic) bond motifs is 1. The Bertz CT molecular complexity index is 733. The average Bonchev–Trinajstić information content (AvgIpc) is 3.11. The number of aromatic nitrogens is 2. The van der Waals surface area contributed by atoms with Crippen LogP contribution in [0.25, 0.3) is 11.0 Å². The molecule has 1 fully saturated rings. The highest BCUT2D eigenvalue weighted by Crippen LogP contribution is 2.25. The average molecular weight is 331 g/mol. The summed E-state index contributed by atoms with van der Waals surface area (Å²) in [7, 11) is 0. The van der Waals surface area contributed by atoms with E-state index in [4.69, 9.17) is 4.74 Å². The lowest BCUT2D eigenvalue weighted by Crippen LogP contribution is -2.41. The van der Waals surface area contributed by atoms with Crippen LogP contribution in [0, 0.1) is 0 Å². The van der Waals surface area contributed by atoms with E-state index in [-0.39, 0.29) is 18.7 Å². The number of ether oxygens (including phenoxy) is 1. The molecule has 6 heteroatoms. The Morgan fingerprint density at radius 3 is 2.83 bits per heavy atom. The van der Waals surface area contributed by atoms with Crippen molar-refractivity contribution in [3.8, 4) is 0 Å². The second-order valence-corrected chi connectivity index (χ2v) is 7.26.